The molecule has 0 aliphatic carbocycles. The number of halogens is 1. The fourth-order valence-electron chi connectivity index (χ4n) is 5.66. The second-order valence-corrected chi connectivity index (χ2v) is 11.5. The normalized spacial score (nSPS) is 19.2. The maximum atomic E-state index is 14.7. The van der Waals surface area contributed by atoms with Crippen LogP contribution in [0.15, 0.2) is 66.7 Å². The number of fused-ring (bicyclic) bond motifs is 2. The van der Waals surface area contributed by atoms with Crippen LogP contribution in [-0.2, 0) is 6.54 Å². The first-order chi connectivity index (χ1) is 23.5. The van der Waals surface area contributed by atoms with Crippen LogP contribution in [0.5, 0.6) is 11.5 Å². The molecule has 2 aliphatic rings. The predicted octanol–water partition coefficient (Wildman–Crippen LogP) is -0.659. The number of nitrogens with one attached hydrogen (secondary N) is 2. The van der Waals surface area contributed by atoms with Gasteiger partial charge >= 0.3 is 23.6 Å². The maximum absolute atomic E-state index is 14.7. The molecular formula is C32H32FN5O12. The molecule has 0 saturated carbocycles. The van der Waals surface area contributed by atoms with Crippen LogP contribution < -0.4 is 20.1 Å². The van der Waals surface area contributed by atoms with E-state index < -0.39 is 54.4 Å². The van der Waals surface area contributed by atoms with Crippen LogP contribution in [-0.4, -0.2) is 111 Å². The molecule has 0 radical (unpaired) electrons. The Bertz CT molecular complexity index is 1960. The third kappa shape index (κ3) is 5.88. The monoisotopic (exact) mass is 697 g/mol. The lowest BCUT2D eigenvalue weighted by Gasteiger charge is -2.60. The molecule has 2 amide bonds. The quantitative estimate of drug-likeness (QED) is 0.108. The first-order valence-electron chi connectivity index (χ1n) is 15.0. The Labute approximate surface area is 281 Å². The van der Waals surface area contributed by atoms with E-state index in [0.29, 0.717) is 30.1 Å². The number of carbonyl (C=O) groups is 2. The molecule has 0 atom stereocenters. The Morgan fingerprint density at radius 1 is 0.740 bits per heavy atom. The van der Waals surface area contributed by atoms with E-state index in [0.717, 1.165) is 13.0 Å². The minimum absolute atomic E-state index is 0.0676. The zero-order chi connectivity index (χ0) is 36.2. The highest BCUT2D eigenvalue weighted by Crippen LogP contribution is 2.44. The Morgan fingerprint density at radius 3 is 2.02 bits per heavy atom. The number of piperazine rings is 1. The van der Waals surface area contributed by atoms with Crippen molar-refractivity contribution in [1.29, 1.82) is 0 Å². The maximum Gasteiger partial charge on any atom is 0.303 e. The summed E-state index contributed by atoms with van der Waals surface area (Å²) < 4.78 is 25.7. The molecule has 1 fully saturated rings. The summed E-state index contributed by atoms with van der Waals surface area (Å²) in [6.45, 7) is 0.235. The Hall–Kier alpha value is -4.86. The molecule has 2 aliphatic heterocycles. The van der Waals surface area contributed by atoms with E-state index in [1.54, 1.807) is 12.1 Å². The molecule has 0 unspecified atom stereocenters. The second kappa shape index (κ2) is 12.5. The fraction of sp³-hybridized carbons (Fsp3) is 0.281. The molecule has 6 rings (SSSR count). The number of rotatable bonds is 7. The molecule has 4 aromatic rings. The molecule has 17 nitrogen and oxygen atoms in total. The summed E-state index contributed by atoms with van der Waals surface area (Å²) in [6, 6.07) is 15.1. The molecule has 18 heteroatoms. The van der Waals surface area contributed by atoms with Gasteiger partial charge < -0.3 is 61.0 Å². The standard InChI is InChI=1S/C32H32FN5O12/c1-2-37-29(41,42)31(45,46)38(32(47,48)30(37,43)44)16-21-6-3-17-13-18(4-9-23(17)34-21)28(40)36-24-15-20(7-8-22(24)33)35-27(39)19-5-10-25-26(14-19)50-12-11-49-25/h3-10,13-15,41-48H,2,11-12,16H2,1H3,(H,35,39)(H,36,40). The lowest BCUT2D eigenvalue weighted by atomic mass is 10.0. The van der Waals surface area contributed by atoms with Crippen LogP contribution in [0.4, 0.5) is 15.8 Å². The highest BCUT2D eigenvalue weighted by molar-refractivity contribution is 6.07. The van der Waals surface area contributed by atoms with Crippen molar-refractivity contribution in [3.8, 4) is 11.5 Å². The lowest BCUT2D eigenvalue weighted by Crippen LogP contribution is -2.90. The van der Waals surface area contributed by atoms with Crippen molar-refractivity contribution < 1.29 is 64.3 Å². The molecule has 264 valence electrons. The molecule has 50 heavy (non-hydrogen) atoms. The lowest BCUT2D eigenvalue weighted by molar-refractivity contribution is -0.610. The van der Waals surface area contributed by atoms with E-state index in [-0.39, 0.29) is 43.5 Å². The molecular weight excluding hydrogens is 665 g/mol. The highest BCUT2D eigenvalue weighted by Gasteiger charge is 2.76. The van der Waals surface area contributed by atoms with Gasteiger partial charge in [-0.15, -0.1) is 0 Å². The van der Waals surface area contributed by atoms with Crippen LogP contribution >= 0.6 is 0 Å². The van der Waals surface area contributed by atoms with Crippen LogP contribution in [0, 0.1) is 5.82 Å². The fourth-order valence-corrected chi connectivity index (χ4v) is 5.66. The Kier molecular flexibility index (Phi) is 8.73. The van der Waals surface area contributed by atoms with Gasteiger partial charge in [-0.2, -0.15) is 9.80 Å². The zero-order valence-corrected chi connectivity index (χ0v) is 26.1. The van der Waals surface area contributed by atoms with E-state index in [1.165, 1.54) is 48.5 Å². The molecule has 0 bridgehead atoms. The third-order valence-corrected chi connectivity index (χ3v) is 8.33. The van der Waals surface area contributed by atoms with Gasteiger partial charge in [0.2, 0.25) is 0 Å². The van der Waals surface area contributed by atoms with E-state index in [1.807, 2.05) is 0 Å². The van der Waals surface area contributed by atoms with Crippen molar-refractivity contribution in [1.82, 2.24) is 14.8 Å². The molecule has 3 aromatic carbocycles. The van der Waals surface area contributed by atoms with Gasteiger partial charge in [-0.25, -0.2) is 4.39 Å². The number of aliphatic hydroxyl groups is 8. The first-order valence-corrected chi connectivity index (χ1v) is 15.0. The predicted molar refractivity (Wildman–Crippen MR) is 168 cm³/mol. The largest absolute Gasteiger partial charge is 0.486 e. The average molecular weight is 698 g/mol. The summed E-state index contributed by atoms with van der Waals surface area (Å²) in [4.78, 5) is 29.9. The topological polar surface area (TPSA) is 258 Å². The van der Waals surface area contributed by atoms with Gasteiger partial charge in [0.05, 0.1) is 23.4 Å². The highest BCUT2D eigenvalue weighted by atomic mass is 19.1. The minimum atomic E-state index is -3.87. The minimum Gasteiger partial charge on any atom is -0.486 e. The summed E-state index contributed by atoms with van der Waals surface area (Å²) in [7, 11) is 0. The van der Waals surface area contributed by atoms with Gasteiger partial charge in [0.25, 0.3) is 11.8 Å². The number of pyridine rings is 1. The number of aromatic nitrogens is 1. The summed E-state index contributed by atoms with van der Waals surface area (Å²) >= 11 is 0. The van der Waals surface area contributed by atoms with Crippen molar-refractivity contribution >= 4 is 34.1 Å². The smallest absolute Gasteiger partial charge is 0.303 e. The second-order valence-electron chi connectivity index (χ2n) is 11.5. The van der Waals surface area contributed by atoms with Crippen molar-refractivity contribution in [3.05, 3.63) is 89.4 Å². The number of likely N-dealkylation sites (N-methyl/N-ethyl adjacent to an activating group) is 1. The van der Waals surface area contributed by atoms with Crippen LogP contribution in [0.2, 0.25) is 0 Å². The molecule has 3 heterocycles. The molecule has 1 saturated heterocycles. The van der Waals surface area contributed by atoms with Gasteiger partial charge in [-0.3, -0.25) is 14.6 Å². The molecule has 1 aromatic heterocycles. The number of anilines is 2. The van der Waals surface area contributed by atoms with Gasteiger partial charge in [-0.05, 0) is 60.7 Å². The average Bonchev–Trinajstić information content (AvgIpc) is 3.07. The van der Waals surface area contributed by atoms with Crippen LogP contribution in [0.3, 0.4) is 0 Å². The summed E-state index contributed by atoms with van der Waals surface area (Å²) in [5, 5.41) is 89.2. The van der Waals surface area contributed by atoms with E-state index >= 15 is 0 Å². The van der Waals surface area contributed by atoms with E-state index in [9.17, 15) is 54.8 Å². The number of benzene rings is 3. The first kappa shape index (κ1) is 35.0. The summed E-state index contributed by atoms with van der Waals surface area (Å²) in [5.74, 6) is -16.5. The number of amides is 2. The Morgan fingerprint density at radius 2 is 1.34 bits per heavy atom. The number of hydrogen-bond acceptors (Lipinski definition) is 15. The zero-order valence-electron chi connectivity index (χ0n) is 26.1. The Balaban J connectivity index is 1.18. The van der Waals surface area contributed by atoms with E-state index in [2.05, 4.69) is 15.6 Å². The van der Waals surface area contributed by atoms with Crippen LogP contribution in [0.25, 0.3) is 10.9 Å². The van der Waals surface area contributed by atoms with Crippen molar-refractivity contribution in [2.24, 2.45) is 0 Å². The van der Waals surface area contributed by atoms with Gasteiger partial charge in [0.15, 0.2) is 11.5 Å². The van der Waals surface area contributed by atoms with Crippen LogP contribution in [0.1, 0.15) is 33.3 Å². The number of nitrogens with zero attached hydrogens (tertiary/aromatic N) is 3. The summed E-state index contributed by atoms with van der Waals surface area (Å²) in [6.07, 6.45) is 0. The van der Waals surface area contributed by atoms with Crippen molar-refractivity contribution in [2.45, 2.75) is 37.1 Å². The molecule has 0 spiro atoms. The van der Waals surface area contributed by atoms with Gasteiger partial charge in [0.1, 0.15) is 19.0 Å². The van der Waals surface area contributed by atoms with Crippen molar-refractivity contribution in [2.75, 3.05) is 30.4 Å². The van der Waals surface area contributed by atoms with Gasteiger partial charge in [0, 0.05) is 28.7 Å². The van der Waals surface area contributed by atoms with E-state index in [4.69, 9.17) is 9.47 Å². The van der Waals surface area contributed by atoms with Gasteiger partial charge in [-0.1, -0.05) is 13.0 Å². The molecule has 10 N–H and O–H groups in total. The van der Waals surface area contributed by atoms with Crippen molar-refractivity contribution in [3.63, 3.8) is 0 Å². The summed E-state index contributed by atoms with van der Waals surface area (Å²) in [5.41, 5.74) is 0.355. The third-order valence-electron chi connectivity index (χ3n) is 8.33. The number of hydrogen-bond donors (Lipinski definition) is 10. The SMILES string of the molecule is CCN1C(O)(O)C(O)(O)N(Cc2ccc3cc(C(=O)Nc4cc(NC(=O)c5ccc6c(c5)OCCO6)ccc4F)ccc3n2)C(O)(O)C1(O)O. The number of ether oxygens (including phenoxy) is 2. The number of carbonyl (C=O) groups excluding carboxylic acids is 2.